The molecule has 3 aromatic rings. The molecule has 1 saturated carbocycles. The molecular weight excluding hydrogens is 566 g/mol. The van der Waals surface area contributed by atoms with Gasteiger partial charge in [0.1, 0.15) is 25.8 Å². The Balaban J connectivity index is 1.48. The number of hydrogen-bond acceptors (Lipinski definition) is 6. The van der Waals surface area contributed by atoms with Crippen LogP contribution in [0.3, 0.4) is 0 Å². The van der Waals surface area contributed by atoms with Crippen LogP contribution in [-0.2, 0) is 26.0 Å². The summed E-state index contributed by atoms with van der Waals surface area (Å²) in [6.07, 6.45) is 4.91. The number of fused-ring (bicyclic) bond motifs is 1. The van der Waals surface area contributed by atoms with Crippen LogP contribution in [0, 0.1) is 0 Å². The molecule has 0 unspecified atom stereocenters. The van der Waals surface area contributed by atoms with Crippen LogP contribution in [0.25, 0.3) is 0 Å². The lowest BCUT2D eigenvalue weighted by molar-refractivity contribution is -0.139. The lowest BCUT2D eigenvalue weighted by atomic mass is 10.1. The molecular formula is C33H39N3O6S. The molecule has 228 valence electrons. The van der Waals surface area contributed by atoms with Gasteiger partial charge in [0.05, 0.1) is 10.6 Å². The predicted molar refractivity (Wildman–Crippen MR) is 165 cm³/mol. The van der Waals surface area contributed by atoms with Crippen LogP contribution in [0.1, 0.15) is 44.6 Å². The quantitative estimate of drug-likeness (QED) is 0.325. The van der Waals surface area contributed by atoms with Crippen molar-refractivity contribution in [2.45, 2.75) is 62.4 Å². The Morgan fingerprint density at radius 2 is 1.56 bits per heavy atom. The third-order valence-corrected chi connectivity index (χ3v) is 9.78. The van der Waals surface area contributed by atoms with Gasteiger partial charge in [0.2, 0.25) is 11.8 Å². The van der Waals surface area contributed by atoms with Crippen LogP contribution in [0.5, 0.6) is 11.5 Å². The summed E-state index contributed by atoms with van der Waals surface area (Å²) in [6, 6.07) is 22.0. The van der Waals surface area contributed by atoms with Gasteiger partial charge in [0.15, 0.2) is 11.5 Å². The van der Waals surface area contributed by atoms with Crippen molar-refractivity contribution in [3.8, 4) is 11.5 Å². The molecule has 1 atom stereocenters. The number of amides is 2. The molecule has 0 saturated heterocycles. The molecule has 2 amide bonds. The standard InChI is InChI=1S/C33H39N3O6S/c1-2-29(33(38)34-26-13-9-10-14-26)35(20-19-25-11-5-3-6-12-25)32(37)24-36(43(39,40)28-15-7-4-8-16-28)27-17-18-30-31(23-27)42-22-21-41-30/h3-8,11-12,15-18,23,26,29H,2,9-10,13-14,19-22,24H2,1H3,(H,34,38)/t29-/m1/s1. The van der Waals surface area contributed by atoms with Gasteiger partial charge >= 0.3 is 0 Å². The van der Waals surface area contributed by atoms with Gasteiger partial charge in [-0.3, -0.25) is 13.9 Å². The van der Waals surface area contributed by atoms with Crippen molar-refractivity contribution >= 4 is 27.5 Å². The van der Waals surface area contributed by atoms with Crippen LogP contribution in [0.2, 0.25) is 0 Å². The minimum atomic E-state index is -4.16. The van der Waals surface area contributed by atoms with Gasteiger partial charge < -0.3 is 19.7 Å². The van der Waals surface area contributed by atoms with Crippen LogP contribution in [-0.4, -0.2) is 63.5 Å². The fraction of sp³-hybridized carbons (Fsp3) is 0.394. The van der Waals surface area contributed by atoms with Gasteiger partial charge in [-0.25, -0.2) is 8.42 Å². The molecule has 1 aliphatic carbocycles. The maximum atomic E-state index is 14.2. The second-order valence-electron chi connectivity index (χ2n) is 10.9. The van der Waals surface area contributed by atoms with E-state index in [2.05, 4.69) is 5.32 Å². The Morgan fingerprint density at radius 3 is 2.23 bits per heavy atom. The highest BCUT2D eigenvalue weighted by atomic mass is 32.2. The molecule has 0 aromatic heterocycles. The molecule has 10 heteroatoms. The van der Waals surface area contributed by atoms with E-state index in [-0.39, 0.29) is 29.1 Å². The third kappa shape index (κ3) is 7.30. The first-order valence-corrected chi connectivity index (χ1v) is 16.4. The fourth-order valence-electron chi connectivity index (χ4n) is 5.70. The zero-order valence-electron chi connectivity index (χ0n) is 24.5. The number of ether oxygens (including phenoxy) is 2. The highest BCUT2D eigenvalue weighted by molar-refractivity contribution is 7.92. The van der Waals surface area contributed by atoms with Crippen LogP contribution in [0.4, 0.5) is 5.69 Å². The summed E-state index contributed by atoms with van der Waals surface area (Å²) in [5.74, 6) is 0.261. The molecule has 1 fully saturated rings. The fourth-order valence-corrected chi connectivity index (χ4v) is 7.13. The summed E-state index contributed by atoms with van der Waals surface area (Å²) in [7, 11) is -4.16. The zero-order chi connectivity index (χ0) is 30.2. The molecule has 1 heterocycles. The van der Waals surface area contributed by atoms with Crippen LogP contribution >= 0.6 is 0 Å². The molecule has 1 aliphatic heterocycles. The van der Waals surface area contributed by atoms with Gasteiger partial charge in [-0.2, -0.15) is 0 Å². The summed E-state index contributed by atoms with van der Waals surface area (Å²) in [5.41, 5.74) is 1.29. The second kappa shape index (κ2) is 13.9. The SMILES string of the molecule is CC[C@H](C(=O)NC1CCCC1)N(CCc1ccccc1)C(=O)CN(c1ccc2c(c1)OCCO2)S(=O)(=O)c1ccccc1. The number of rotatable bonds is 12. The Bertz CT molecular complexity index is 1490. The van der Waals surface area contributed by atoms with Crippen molar-refractivity contribution in [3.05, 3.63) is 84.4 Å². The minimum Gasteiger partial charge on any atom is -0.486 e. The molecule has 43 heavy (non-hydrogen) atoms. The first-order chi connectivity index (χ1) is 20.9. The van der Waals surface area contributed by atoms with E-state index in [1.165, 1.54) is 12.1 Å². The van der Waals surface area contributed by atoms with Gasteiger partial charge in [0, 0.05) is 18.7 Å². The predicted octanol–water partition coefficient (Wildman–Crippen LogP) is 4.56. The number of hydrogen-bond donors (Lipinski definition) is 1. The largest absolute Gasteiger partial charge is 0.486 e. The van der Waals surface area contributed by atoms with E-state index in [9.17, 15) is 18.0 Å². The first kappa shape index (κ1) is 30.4. The van der Waals surface area contributed by atoms with Crippen molar-refractivity contribution in [3.63, 3.8) is 0 Å². The van der Waals surface area contributed by atoms with E-state index in [1.807, 2.05) is 37.3 Å². The summed E-state index contributed by atoms with van der Waals surface area (Å²) < 4.78 is 40.6. The summed E-state index contributed by atoms with van der Waals surface area (Å²) in [6.45, 7) is 2.39. The summed E-state index contributed by atoms with van der Waals surface area (Å²) in [4.78, 5) is 29.4. The maximum absolute atomic E-state index is 14.2. The van der Waals surface area contributed by atoms with E-state index in [1.54, 1.807) is 41.3 Å². The number of sulfonamides is 1. The Morgan fingerprint density at radius 1 is 0.907 bits per heavy atom. The van der Waals surface area contributed by atoms with E-state index in [0.29, 0.717) is 37.6 Å². The Hall–Kier alpha value is -4.05. The second-order valence-corrected chi connectivity index (χ2v) is 12.8. The number of benzene rings is 3. The van der Waals surface area contributed by atoms with Crippen molar-refractivity contribution in [1.82, 2.24) is 10.2 Å². The van der Waals surface area contributed by atoms with Crippen molar-refractivity contribution < 1.29 is 27.5 Å². The number of carbonyl (C=O) groups is 2. The Labute approximate surface area is 253 Å². The molecule has 2 aliphatic rings. The van der Waals surface area contributed by atoms with Crippen LogP contribution < -0.4 is 19.1 Å². The number of nitrogens with one attached hydrogen (secondary N) is 1. The smallest absolute Gasteiger partial charge is 0.264 e. The van der Waals surface area contributed by atoms with Crippen molar-refractivity contribution in [2.75, 3.05) is 30.6 Å². The van der Waals surface area contributed by atoms with E-state index >= 15 is 0 Å². The summed E-state index contributed by atoms with van der Waals surface area (Å²) in [5, 5.41) is 3.14. The van der Waals surface area contributed by atoms with Gasteiger partial charge in [-0.15, -0.1) is 0 Å². The molecule has 9 nitrogen and oxygen atoms in total. The maximum Gasteiger partial charge on any atom is 0.264 e. The molecule has 0 bridgehead atoms. The monoisotopic (exact) mass is 605 g/mol. The number of nitrogens with zero attached hydrogens (tertiary/aromatic N) is 2. The molecule has 0 spiro atoms. The molecule has 3 aromatic carbocycles. The first-order valence-electron chi connectivity index (χ1n) is 15.0. The molecule has 5 rings (SSSR count). The molecule has 1 N–H and O–H groups in total. The van der Waals surface area contributed by atoms with E-state index in [4.69, 9.17) is 9.47 Å². The average molecular weight is 606 g/mol. The lowest BCUT2D eigenvalue weighted by Gasteiger charge is -2.34. The molecule has 0 radical (unpaired) electrons. The van der Waals surface area contributed by atoms with Crippen LogP contribution in [0.15, 0.2) is 83.8 Å². The van der Waals surface area contributed by atoms with Gasteiger partial charge in [-0.1, -0.05) is 68.3 Å². The van der Waals surface area contributed by atoms with E-state index in [0.717, 1.165) is 35.6 Å². The van der Waals surface area contributed by atoms with Crippen molar-refractivity contribution in [1.29, 1.82) is 0 Å². The van der Waals surface area contributed by atoms with Crippen molar-refractivity contribution in [2.24, 2.45) is 0 Å². The van der Waals surface area contributed by atoms with Gasteiger partial charge in [0.25, 0.3) is 10.0 Å². The Kier molecular flexibility index (Phi) is 9.86. The topological polar surface area (TPSA) is 105 Å². The summed E-state index contributed by atoms with van der Waals surface area (Å²) >= 11 is 0. The van der Waals surface area contributed by atoms with Gasteiger partial charge in [-0.05, 0) is 55.5 Å². The normalized spacial score (nSPS) is 15.5. The minimum absolute atomic E-state index is 0.0551. The number of carbonyl (C=O) groups excluding carboxylic acids is 2. The average Bonchev–Trinajstić information content (AvgIpc) is 3.55. The zero-order valence-corrected chi connectivity index (χ0v) is 25.3. The third-order valence-electron chi connectivity index (χ3n) is 8.00. The highest BCUT2D eigenvalue weighted by Crippen LogP contribution is 2.36. The van der Waals surface area contributed by atoms with E-state index < -0.39 is 28.5 Å². The number of anilines is 1. The lowest BCUT2D eigenvalue weighted by Crippen LogP contribution is -2.54. The highest BCUT2D eigenvalue weighted by Gasteiger charge is 2.34.